The van der Waals surface area contributed by atoms with E-state index in [2.05, 4.69) is 36.7 Å². The summed E-state index contributed by atoms with van der Waals surface area (Å²) >= 11 is 5.86. The van der Waals surface area contributed by atoms with Crippen molar-refractivity contribution in [3.8, 4) is 5.75 Å². The van der Waals surface area contributed by atoms with Crippen LogP contribution in [0.5, 0.6) is 5.75 Å². The lowest BCUT2D eigenvalue weighted by Gasteiger charge is -2.38. The molecule has 4 rings (SSSR count). The number of aromatic nitrogens is 1. The number of likely N-dealkylation sites (tertiary alicyclic amines) is 2. The van der Waals surface area contributed by atoms with Crippen molar-refractivity contribution >= 4 is 17.5 Å². The average Bonchev–Trinajstić information content (AvgIpc) is 3.37. The van der Waals surface area contributed by atoms with E-state index in [1.807, 2.05) is 11.0 Å². The van der Waals surface area contributed by atoms with Gasteiger partial charge < -0.3 is 14.7 Å². The van der Waals surface area contributed by atoms with Crippen molar-refractivity contribution in [3.63, 3.8) is 0 Å². The number of carbonyl (C=O) groups excluding carboxylic acids is 1. The predicted octanol–water partition coefficient (Wildman–Crippen LogP) is 4.16. The largest absolute Gasteiger partial charge is 0.493 e. The average molecular weight is 458 g/mol. The number of aliphatic hydroxyl groups is 1. The molecular weight excluding hydrogens is 426 g/mol. The van der Waals surface area contributed by atoms with Gasteiger partial charge in [-0.25, -0.2) is 4.98 Å². The van der Waals surface area contributed by atoms with Crippen molar-refractivity contribution in [2.24, 2.45) is 0 Å². The first-order chi connectivity index (χ1) is 15.3. The zero-order valence-electron chi connectivity index (χ0n) is 19.2. The number of pyridine rings is 1. The van der Waals surface area contributed by atoms with Crippen LogP contribution in [-0.4, -0.2) is 63.7 Å². The molecular formula is C25H32ClN3O3. The molecule has 2 aromatic rings. The number of aliphatic hydroxyl groups excluding tert-OH is 1. The summed E-state index contributed by atoms with van der Waals surface area (Å²) in [6, 6.07) is 8.49. The summed E-state index contributed by atoms with van der Waals surface area (Å²) in [5, 5.41) is 9.85. The zero-order chi connectivity index (χ0) is 23.0. The van der Waals surface area contributed by atoms with Gasteiger partial charge in [-0.05, 0) is 69.0 Å². The normalized spacial score (nSPS) is 22.2. The molecule has 172 valence electrons. The maximum Gasteiger partial charge on any atom is 0.255 e. The topological polar surface area (TPSA) is 65.9 Å². The molecule has 32 heavy (non-hydrogen) atoms. The summed E-state index contributed by atoms with van der Waals surface area (Å²) in [5.41, 5.74) is 4.29. The van der Waals surface area contributed by atoms with Crippen LogP contribution in [0.2, 0.25) is 5.15 Å². The molecule has 2 aliphatic heterocycles. The Balaban J connectivity index is 1.42. The molecule has 0 radical (unpaired) electrons. The van der Waals surface area contributed by atoms with Gasteiger partial charge in [0.25, 0.3) is 5.91 Å². The van der Waals surface area contributed by atoms with Crippen LogP contribution < -0.4 is 4.74 Å². The summed E-state index contributed by atoms with van der Waals surface area (Å²) in [6.45, 7) is 10.4. The second kappa shape index (κ2) is 9.38. The Morgan fingerprint density at radius 3 is 2.59 bits per heavy atom. The summed E-state index contributed by atoms with van der Waals surface area (Å²) in [4.78, 5) is 21.5. The van der Waals surface area contributed by atoms with Crippen molar-refractivity contribution in [1.82, 2.24) is 14.8 Å². The van der Waals surface area contributed by atoms with E-state index in [9.17, 15) is 9.90 Å². The second-order valence-corrected chi connectivity index (χ2v) is 9.52. The summed E-state index contributed by atoms with van der Waals surface area (Å²) in [5.74, 6) is 0.926. The number of piperazine rings is 1. The van der Waals surface area contributed by atoms with E-state index in [4.69, 9.17) is 16.3 Å². The molecule has 0 unspecified atom stereocenters. The van der Waals surface area contributed by atoms with E-state index >= 15 is 0 Å². The third-order valence-electron chi connectivity index (χ3n) is 7.04. The maximum atomic E-state index is 13.0. The lowest BCUT2D eigenvalue weighted by Crippen LogP contribution is -2.49. The Kier molecular flexibility index (Phi) is 6.75. The Labute approximate surface area is 195 Å². The standard InChI is InChI=1S/C25H32ClN3O3/c1-15(30)9-10-32-23-7-6-22(16(2)17(23)3)18(4)28-13-21-11-20(28)14-29(21)25(31)19-5-8-24(26)27-12-19/h5-8,12,15,18,20-21,30H,9-11,13-14H2,1-4H3/t15-,18-,20-,21-/m0/s1. The van der Waals surface area contributed by atoms with Crippen LogP contribution in [0, 0.1) is 13.8 Å². The van der Waals surface area contributed by atoms with E-state index in [0.29, 0.717) is 29.8 Å². The lowest BCUT2D eigenvalue weighted by molar-refractivity contribution is 0.0568. The second-order valence-electron chi connectivity index (χ2n) is 9.13. The summed E-state index contributed by atoms with van der Waals surface area (Å²) in [7, 11) is 0. The number of fused-ring (bicyclic) bond motifs is 2. The van der Waals surface area contributed by atoms with Crippen LogP contribution in [0.4, 0.5) is 0 Å². The summed E-state index contributed by atoms with van der Waals surface area (Å²) in [6.07, 6.45) is 2.84. The highest BCUT2D eigenvalue weighted by Gasteiger charge is 2.47. The van der Waals surface area contributed by atoms with Gasteiger partial charge in [0.15, 0.2) is 0 Å². The number of hydrogen-bond acceptors (Lipinski definition) is 5. The Hall–Kier alpha value is -2.15. The van der Waals surface area contributed by atoms with Crippen molar-refractivity contribution in [1.29, 1.82) is 0 Å². The number of amides is 1. The summed E-state index contributed by atoms with van der Waals surface area (Å²) < 4.78 is 5.90. The predicted molar refractivity (Wildman–Crippen MR) is 125 cm³/mol. The molecule has 2 bridgehead atoms. The first kappa shape index (κ1) is 23.0. The quantitative estimate of drug-likeness (QED) is 0.632. The van der Waals surface area contributed by atoms with Gasteiger partial charge in [0, 0.05) is 43.8 Å². The van der Waals surface area contributed by atoms with Gasteiger partial charge in [-0.3, -0.25) is 9.69 Å². The van der Waals surface area contributed by atoms with Gasteiger partial charge in [-0.2, -0.15) is 0 Å². The number of benzene rings is 1. The van der Waals surface area contributed by atoms with Crippen molar-refractivity contribution in [3.05, 3.63) is 57.9 Å². The Morgan fingerprint density at radius 2 is 1.97 bits per heavy atom. The fraction of sp³-hybridized carbons (Fsp3) is 0.520. The van der Waals surface area contributed by atoms with E-state index in [1.165, 1.54) is 11.1 Å². The smallest absolute Gasteiger partial charge is 0.255 e. The fourth-order valence-electron chi connectivity index (χ4n) is 5.03. The highest BCUT2D eigenvalue weighted by molar-refractivity contribution is 6.29. The van der Waals surface area contributed by atoms with Crippen molar-refractivity contribution in [2.75, 3.05) is 19.7 Å². The van der Waals surface area contributed by atoms with Gasteiger partial charge in [0.1, 0.15) is 10.9 Å². The minimum Gasteiger partial charge on any atom is -0.493 e. The molecule has 6 nitrogen and oxygen atoms in total. The first-order valence-electron chi connectivity index (χ1n) is 11.4. The van der Waals surface area contributed by atoms with E-state index in [1.54, 1.807) is 25.3 Å². The van der Waals surface area contributed by atoms with Crippen LogP contribution in [0.25, 0.3) is 0 Å². The number of halogens is 1. The SMILES string of the molecule is Cc1c(OCC[C@H](C)O)ccc([C@H](C)N2C[C@@H]3C[C@H]2CN3C(=O)c2ccc(Cl)nc2)c1C. The minimum atomic E-state index is -0.358. The van der Waals surface area contributed by atoms with Gasteiger partial charge in [-0.1, -0.05) is 17.7 Å². The lowest BCUT2D eigenvalue weighted by atomic mass is 9.96. The number of carbonyl (C=O) groups is 1. The molecule has 0 spiro atoms. The monoisotopic (exact) mass is 457 g/mol. The zero-order valence-corrected chi connectivity index (χ0v) is 20.0. The highest BCUT2D eigenvalue weighted by atomic mass is 35.5. The third-order valence-corrected chi connectivity index (χ3v) is 7.26. The Morgan fingerprint density at radius 1 is 1.19 bits per heavy atom. The van der Waals surface area contributed by atoms with Crippen LogP contribution >= 0.6 is 11.6 Å². The highest BCUT2D eigenvalue weighted by Crippen LogP contribution is 2.39. The van der Waals surface area contributed by atoms with Gasteiger partial charge in [0.2, 0.25) is 0 Å². The molecule has 1 amide bonds. The van der Waals surface area contributed by atoms with Crippen molar-refractivity contribution < 1.29 is 14.6 Å². The van der Waals surface area contributed by atoms with Gasteiger partial charge in [-0.15, -0.1) is 0 Å². The molecule has 0 aliphatic carbocycles. The molecule has 3 heterocycles. The maximum absolute atomic E-state index is 13.0. The molecule has 1 aromatic heterocycles. The van der Waals surface area contributed by atoms with E-state index in [-0.39, 0.29) is 24.1 Å². The van der Waals surface area contributed by atoms with Crippen LogP contribution in [0.15, 0.2) is 30.5 Å². The molecule has 4 atom stereocenters. The number of hydrogen-bond donors (Lipinski definition) is 1. The molecule has 2 fully saturated rings. The van der Waals surface area contributed by atoms with E-state index < -0.39 is 0 Å². The van der Waals surface area contributed by atoms with Gasteiger partial charge in [0.05, 0.1) is 18.3 Å². The van der Waals surface area contributed by atoms with Gasteiger partial charge >= 0.3 is 0 Å². The molecule has 2 aliphatic rings. The molecule has 1 aromatic carbocycles. The Bertz CT molecular complexity index is 979. The van der Waals surface area contributed by atoms with Crippen molar-refractivity contribution in [2.45, 2.75) is 64.8 Å². The van der Waals surface area contributed by atoms with Crippen LogP contribution in [0.3, 0.4) is 0 Å². The third kappa shape index (κ3) is 4.49. The molecule has 1 N–H and O–H groups in total. The molecule has 0 saturated carbocycles. The van der Waals surface area contributed by atoms with Crippen LogP contribution in [0.1, 0.15) is 59.8 Å². The van der Waals surface area contributed by atoms with Crippen LogP contribution in [-0.2, 0) is 0 Å². The van der Waals surface area contributed by atoms with E-state index in [0.717, 1.165) is 30.8 Å². The fourth-order valence-corrected chi connectivity index (χ4v) is 5.14. The number of ether oxygens (including phenoxy) is 1. The molecule has 2 saturated heterocycles. The minimum absolute atomic E-state index is 0.0414. The number of rotatable bonds is 7. The molecule has 7 heteroatoms. The number of nitrogens with zero attached hydrogens (tertiary/aromatic N) is 3. The first-order valence-corrected chi connectivity index (χ1v) is 11.7.